The second-order valence-corrected chi connectivity index (χ2v) is 1.85. The molecule has 1 unspecified atom stereocenters. The van der Waals surface area contributed by atoms with E-state index >= 15 is 0 Å². The SMILES string of the molecule is COCC(CC[NH])OC. The van der Waals surface area contributed by atoms with Gasteiger partial charge in [-0.3, -0.25) is 5.73 Å². The number of nitrogens with one attached hydrogen (secondary N) is 1. The van der Waals surface area contributed by atoms with Crippen LogP contribution in [0.15, 0.2) is 0 Å². The van der Waals surface area contributed by atoms with Crippen LogP contribution in [0.4, 0.5) is 0 Å². The van der Waals surface area contributed by atoms with E-state index in [2.05, 4.69) is 0 Å². The van der Waals surface area contributed by atoms with E-state index in [0.29, 0.717) is 13.2 Å². The predicted octanol–water partition coefficient (Wildman–Crippen LogP) is 0.321. The molecule has 0 bridgehead atoms. The number of ether oxygens (including phenoxy) is 2. The highest BCUT2D eigenvalue weighted by molar-refractivity contribution is 4.54. The lowest BCUT2D eigenvalue weighted by molar-refractivity contribution is 0.0248. The van der Waals surface area contributed by atoms with Gasteiger partial charge in [-0.2, -0.15) is 0 Å². The standard InChI is InChI=1S/C6H14NO2/c1-8-5-6(9-2)3-4-7/h6-7H,3-5H2,1-2H3. The maximum atomic E-state index is 6.88. The minimum Gasteiger partial charge on any atom is -0.382 e. The van der Waals surface area contributed by atoms with Crippen LogP contribution in [-0.2, 0) is 9.47 Å². The molecule has 3 heteroatoms. The summed E-state index contributed by atoms with van der Waals surface area (Å²) >= 11 is 0. The van der Waals surface area contributed by atoms with Crippen LogP contribution in [0, 0.1) is 0 Å². The molecule has 3 nitrogen and oxygen atoms in total. The van der Waals surface area contributed by atoms with E-state index in [0.717, 1.165) is 6.42 Å². The van der Waals surface area contributed by atoms with E-state index in [1.54, 1.807) is 14.2 Å². The van der Waals surface area contributed by atoms with Crippen LogP contribution in [0.1, 0.15) is 6.42 Å². The molecule has 0 aromatic rings. The molecule has 0 aromatic heterocycles. The summed E-state index contributed by atoms with van der Waals surface area (Å²) < 4.78 is 9.83. The van der Waals surface area contributed by atoms with Crippen molar-refractivity contribution in [2.24, 2.45) is 0 Å². The zero-order chi connectivity index (χ0) is 7.11. The lowest BCUT2D eigenvalue weighted by atomic mass is 10.3. The Balaban J connectivity index is 3.18. The summed E-state index contributed by atoms with van der Waals surface area (Å²) in [5, 5.41) is 0. The van der Waals surface area contributed by atoms with Crippen LogP contribution in [0.25, 0.3) is 0 Å². The van der Waals surface area contributed by atoms with Crippen LogP contribution in [0.3, 0.4) is 0 Å². The first-order valence-corrected chi connectivity index (χ1v) is 3.01. The van der Waals surface area contributed by atoms with Gasteiger partial charge in [0.1, 0.15) is 0 Å². The van der Waals surface area contributed by atoms with Gasteiger partial charge in [-0.15, -0.1) is 0 Å². The monoisotopic (exact) mass is 132 g/mol. The first-order chi connectivity index (χ1) is 4.35. The minimum atomic E-state index is 0.104. The molecule has 0 fully saturated rings. The van der Waals surface area contributed by atoms with Crippen LogP contribution in [0.2, 0.25) is 0 Å². The number of hydrogen-bond acceptors (Lipinski definition) is 2. The first-order valence-electron chi connectivity index (χ1n) is 3.01. The largest absolute Gasteiger partial charge is 0.382 e. The smallest absolute Gasteiger partial charge is 0.0817 e. The Morgan fingerprint density at radius 1 is 1.44 bits per heavy atom. The highest BCUT2D eigenvalue weighted by Crippen LogP contribution is 1.94. The van der Waals surface area contributed by atoms with Crippen molar-refractivity contribution in [3.8, 4) is 0 Å². The molecule has 0 aromatic carbocycles. The molecule has 1 N–H and O–H groups in total. The van der Waals surface area contributed by atoms with Crippen molar-refractivity contribution in [2.75, 3.05) is 27.4 Å². The molecule has 0 aliphatic heterocycles. The van der Waals surface area contributed by atoms with E-state index in [1.807, 2.05) is 0 Å². The summed E-state index contributed by atoms with van der Waals surface area (Å²) in [5.74, 6) is 0. The third kappa shape index (κ3) is 4.39. The molecular formula is C6H14NO2. The Morgan fingerprint density at radius 3 is 2.44 bits per heavy atom. The number of hydrogen-bond donors (Lipinski definition) is 0. The van der Waals surface area contributed by atoms with E-state index in [1.165, 1.54) is 0 Å². The average molecular weight is 132 g/mol. The first kappa shape index (κ1) is 8.88. The zero-order valence-corrected chi connectivity index (χ0v) is 6.02. The Hall–Kier alpha value is -0.120. The number of rotatable bonds is 5. The van der Waals surface area contributed by atoms with Crippen molar-refractivity contribution in [3.63, 3.8) is 0 Å². The molecule has 0 saturated carbocycles. The fourth-order valence-corrected chi connectivity index (χ4v) is 0.616. The molecular weight excluding hydrogens is 118 g/mol. The lowest BCUT2D eigenvalue weighted by Crippen LogP contribution is -2.18. The van der Waals surface area contributed by atoms with Gasteiger partial charge in [0, 0.05) is 20.8 Å². The highest BCUT2D eigenvalue weighted by Gasteiger charge is 2.03. The molecule has 0 heterocycles. The lowest BCUT2D eigenvalue weighted by Gasteiger charge is -2.11. The van der Waals surface area contributed by atoms with Crippen molar-refractivity contribution < 1.29 is 9.47 Å². The van der Waals surface area contributed by atoms with Crippen LogP contribution in [-0.4, -0.2) is 33.5 Å². The quantitative estimate of drug-likeness (QED) is 0.540. The molecule has 1 radical (unpaired) electrons. The molecule has 0 saturated heterocycles. The van der Waals surface area contributed by atoms with Crippen molar-refractivity contribution in [3.05, 3.63) is 0 Å². The second-order valence-electron chi connectivity index (χ2n) is 1.85. The average Bonchev–Trinajstić information content (AvgIpc) is 1.88. The maximum Gasteiger partial charge on any atom is 0.0817 e. The third-order valence-electron chi connectivity index (χ3n) is 1.15. The van der Waals surface area contributed by atoms with Crippen LogP contribution in [0.5, 0.6) is 0 Å². The van der Waals surface area contributed by atoms with Crippen molar-refractivity contribution in [2.45, 2.75) is 12.5 Å². The van der Waals surface area contributed by atoms with Gasteiger partial charge in [0.05, 0.1) is 12.7 Å². The zero-order valence-electron chi connectivity index (χ0n) is 6.02. The second kappa shape index (κ2) is 6.01. The fraction of sp³-hybridized carbons (Fsp3) is 1.00. The normalized spacial score (nSPS) is 13.7. The summed E-state index contributed by atoms with van der Waals surface area (Å²) in [7, 11) is 3.27. The molecule has 1 atom stereocenters. The molecule has 0 aliphatic rings. The van der Waals surface area contributed by atoms with Gasteiger partial charge < -0.3 is 9.47 Å². The van der Waals surface area contributed by atoms with Gasteiger partial charge in [-0.1, -0.05) is 0 Å². The summed E-state index contributed by atoms with van der Waals surface area (Å²) in [4.78, 5) is 0. The topological polar surface area (TPSA) is 42.3 Å². The van der Waals surface area contributed by atoms with E-state index in [4.69, 9.17) is 15.2 Å². The van der Waals surface area contributed by atoms with Gasteiger partial charge in [0.15, 0.2) is 0 Å². The van der Waals surface area contributed by atoms with E-state index in [9.17, 15) is 0 Å². The Morgan fingerprint density at radius 2 is 2.11 bits per heavy atom. The van der Waals surface area contributed by atoms with Crippen molar-refractivity contribution >= 4 is 0 Å². The third-order valence-corrected chi connectivity index (χ3v) is 1.15. The summed E-state index contributed by atoms with van der Waals surface area (Å²) in [6.07, 6.45) is 0.858. The summed E-state index contributed by atoms with van der Waals surface area (Å²) in [5.41, 5.74) is 6.88. The molecule has 9 heavy (non-hydrogen) atoms. The van der Waals surface area contributed by atoms with E-state index in [-0.39, 0.29) is 6.10 Å². The van der Waals surface area contributed by atoms with E-state index < -0.39 is 0 Å². The molecule has 55 valence electrons. The van der Waals surface area contributed by atoms with Gasteiger partial charge in [-0.25, -0.2) is 0 Å². The van der Waals surface area contributed by atoms with Gasteiger partial charge in [0.25, 0.3) is 0 Å². The molecule has 0 aliphatic carbocycles. The highest BCUT2D eigenvalue weighted by atomic mass is 16.5. The molecule has 0 spiro atoms. The van der Waals surface area contributed by atoms with Gasteiger partial charge in [0.2, 0.25) is 0 Å². The van der Waals surface area contributed by atoms with Gasteiger partial charge >= 0.3 is 0 Å². The van der Waals surface area contributed by atoms with Crippen LogP contribution < -0.4 is 5.73 Å². The predicted molar refractivity (Wildman–Crippen MR) is 35.3 cm³/mol. The molecule has 0 amide bonds. The Bertz CT molecular complexity index is 53.0. The Kier molecular flexibility index (Phi) is 5.93. The molecule has 0 rings (SSSR count). The van der Waals surface area contributed by atoms with Crippen molar-refractivity contribution in [1.82, 2.24) is 5.73 Å². The maximum absolute atomic E-state index is 6.88. The summed E-state index contributed by atoms with van der Waals surface area (Å²) in [6.45, 7) is 0.997. The number of methoxy groups -OCH3 is 2. The summed E-state index contributed by atoms with van der Waals surface area (Å²) in [6, 6.07) is 0. The van der Waals surface area contributed by atoms with Crippen molar-refractivity contribution in [1.29, 1.82) is 0 Å². The minimum absolute atomic E-state index is 0.104. The van der Waals surface area contributed by atoms with Gasteiger partial charge in [-0.05, 0) is 6.42 Å². The Labute approximate surface area is 56.1 Å². The van der Waals surface area contributed by atoms with Crippen LogP contribution >= 0.6 is 0 Å². The fourth-order valence-electron chi connectivity index (χ4n) is 0.616.